The van der Waals surface area contributed by atoms with E-state index in [0.29, 0.717) is 16.4 Å². The van der Waals surface area contributed by atoms with Crippen LogP contribution in [0.25, 0.3) is 5.70 Å². The molecule has 0 radical (unpaired) electrons. The molecule has 0 bridgehead atoms. The number of carbonyl (C=O) groups excluding carboxylic acids is 2. The molecule has 118 valence electrons. The van der Waals surface area contributed by atoms with Gasteiger partial charge in [0.25, 0.3) is 5.78 Å². The molecule has 1 atom stereocenters. The fraction of sp³-hybridized carbons (Fsp3) is 0.133. The van der Waals surface area contributed by atoms with Gasteiger partial charge in [-0.05, 0) is 35.1 Å². The maximum atomic E-state index is 12.6. The Bertz CT molecular complexity index is 779. The van der Waals surface area contributed by atoms with E-state index in [0.717, 1.165) is 9.75 Å². The molecule has 5 nitrogen and oxygen atoms in total. The van der Waals surface area contributed by atoms with Crippen LogP contribution in [0.4, 0.5) is 0 Å². The van der Waals surface area contributed by atoms with Gasteiger partial charge in [-0.15, -0.1) is 22.7 Å². The van der Waals surface area contributed by atoms with Crippen LogP contribution in [0.2, 0.25) is 0 Å². The number of hydrogen-bond donors (Lipinski definition) is 2. The van der Waals surface area contributed by atoms with Crippen LogP contribution in [0.15, 0.2) is 40.6 Å². The predicted molar refractivity (Wildman–Crippen MR) is 94.2 cm³/mol. The highest BCUT2D eigenvalue weighted by molar-refractivity contribution is 7.80. The van der Waals surface area contributed by atoms with Gasteiger partial charge in [-0.2, -0.15) is 0 Å². The third-order valence-electron chi connectivity index (χ3n) is 3.28. The average Bonchev–Trinajstić information content (AvgIpc) is 3.25. The highest BCUT2D eigenvalue weighted by Crippen LogP contribution is 2.35. The highest BCUT2D eigenvalue weighted by atomic mass is 32.1. The van der Waals surface area contributed by atoms with Gasteiger partial charge in [0.15, 0.2) is 5.11 Å². The van der Waals surface area contributed by atoms with Gasteiger partial charge in [0, 0.05) is 4.88 Å². The van der Waals surface area contributed by atoms with Crippen LogP contribution in [-0.2, 0) is 14.3 Å². The summed E-state index contributed by atoms with van der Waals surface area (Å²) in [5, 5.41) is 10.3. The molecule has 0 saturated heterocycles. The Kier molecular flexibility index (Phi) is 4.56. The van der Waals surface area contributed by atoms with E-state index in [-0.39, 0.29) is 0 Å². The van der Waals surface area contributed by atoms with Crippen LogP contribution in [0.3, 0.4) is 0 Å². The molecule has 3 heterocycles. The van der Waals surface area contributed by atoms with Gasteiger partial charge >= 0.3 is 5.97 Å². The predicted octanol–water partition coefficient (Wildman–Crippen LogP) is 2.48. The Morgan fingerprint density at radius 1 is 1.22 bits per heavy atom. The lowest BCUT2D eigenvalue weighted by Gasteiger charge is -2.29. The van der Waals surface area contributed by atoms with Crippen molar-refractivity contribution in [3.63, 3.8) is 0 Å². The van der Waals surface area contributed by atoms with Crippen LogP contribution in [0.5, 0.6) is 0 Å². The molecule has 2 aromatic heterocycles. The van der Waals surface area contributed by atoms with Crippen molar-refractivity contribution in [3.8, 4) is 0 Å². The second-order valence-electron chi connectivity index (χ2n) is 4.63. The topological polar surface area (TPSA) is 67.4 Å². The van der Waals surface area contributed by atoms with Crippen molar-refractivity contribution < 1.29 is 14.3 Å². The summed E-state index contributed by atoms with van der Waals surface area (Å²) in [5.41, 5.74) is 0.868. The van der Waals surface area contributed by atoms with Crippen molar-refractivity contribution in [2.45, 2.75) is 6.04 Å². The fourth-order valence-corrected chi connectivity index (χ4v) is 4.04. The first kappa shape index (κ1) is 15.9. The molecule has 1 unspecified atom stereocenters. The summed E-state index contributed by atoms with van der Waals surface area (Å²) in [7, 11) is 1.19. The molecule has 2 aromatic rings. The number of methoxy groups -OCH3 is 1. The van der Waals surface area contributed by atoms with Crippen LogP contribution < -0.4 is 10.6 Å². The van der Waals surface area contributed by atoms with Crippen molar-refractivity contribution in [2.75, 3.05) is 7.11 Å². The first-order valence-electron chi connectivity index (χ1n) is 6.63. The summed E-state index contributed by atoms with van der Waals surface area (Å²) in [4.78, 5) is 26.2. The Morgan fingerprint density at radius 3 is 2.57 bits per heavy atom. The van der Waals surface area contributed by atoms with Crippen molar-refractivity contribution in [1.82, 2.24) is 10.6 Å². The normalized spacial score (nSPS) is 17.4. The molecule has 3 rings (SSSR count). The zero-order valence-electron chi connectivity index (χ0n) is 12.0. The van der Waals surface area contributed by atoms with Crippen molar-refractivity contribution in [2.24, 2.45) is 0 Å². The third-order valence-corrected chi connectivity index (χ3v) is 5.33. The summed E-state index contributed by atoms with van der Waals surface area (Å²) in [5.74, 6) is -1.58. The van der Waals surface area contributed by atoms with Crippen molar-refractivity contribution in [3.05, 3.63) is 50.4 Å². The van der Waals surface area contributed by atoms with E-state index < -0.39 is 17.8 Å². The number of esters is 1. The maximum absolute atomic E-state index is 12.6. The zero-order valence-corrected chi connectivity index (χ0v) is 14.4. The number of ketones is 1. The first-order valence-corrected chi connectivity index (χ1v) is 8.80. The number of thiocarbonyl (C=S) groups is 1. The van der Waals surface area contributed by atoms with Gasteiger partial charge in [0.05, 0.1) is 29.3 Å². The van der Waals surface area contributed by atoms with E-state index in [4.69, 9.17) is 12.2 Å². The Hall–Kier alpha value is -2.03. The third kappa shape index (κ3) is 3.05. The van der Waals surface area contributed by atoms with Gasteiger partial charge in [-0.25, -0.2) is 4.79 Å². The molecule has 0 fully saturated rings. The van der Waals surface area contributed by atoms with Crippen molar-refractivity contribution in [1.29, 1.82) is 0 Å². The minimum Gasteiger partial charge on any atom is -0.463 e. The molecule has 0 aromatic carbocycles. The van der Waals surface area contributed by atoms with E-state index in [2.05, 4.69) is 15.4 Å². The molecule has 0 amide bonds. The lowest BCUT2D eigenvalue weighted by Crippen LogP contribution is -2.45. The van der Waals surface area contributed by atoms with Crippen LogP contribution in [0.1, 0.15) is 15.8 Å². The SMILES string of the molecule is COC(=O)C(=O)C1=C(c2cccs2)NC(=S)NC1c1cccs1. The average molecular weight is 364 g/mol. The maximum Gasteiger partial charge on any atom is 0.379 e. The summed E-state index contributed by atoms with van der Waals surface area (Å²) >= 11 is 8.22. The second kappa shape index (κ2) is 6.61. The summed E-state index contributed by atoms with van der Waals surface area (Å²) in [6, 6.07) is 7.05. The van der Waals surface area contributed by atoms with Gasteiger partial charge in [-0.1, -0.05) is 12.1 Å². The Balaban J connectivity index is 2.18. The van der Waals surface area contributed by atoms with E-state index in [1.165, 1.54) is 29.8 Å². The van der Waals surface area contributed by atoms with Gasteiger partial charge < -0.3 is 15.4 Å². The van der Waals surface area contributed by atoms with Gasteiger partial charge in [0.2, 0.25) is 0 Å². The van der Waals surface area contributed by atoms with E-state index in [9.17, 15) is 9.59 Å². The van der Waals surface area contributed by atoms with E-state index in [1.807, 2.05) is 35.0 Å². The number of ether oxygens (including phenoxy) is 1. The first-order chi connectivity index (χ1) is 11.1. The number of thiophene rings is 2. The largest absolute Gasteiger partial charge is 0.463 e. The molecule has 23 heavy (non-hydrogen) atoms. The van der Waals surface area contributed by atoms with Crippen molar-refractivity contribution >= 4 is 57.5 Å². The summed E-state index contributed by atoms with van der Waals surface area (Å²) in [6.45, 7) is 0. The number of Topliss-reactive ketones (excluding diaryl/α,β-unsaturated/α-hetero) is 1. The van der Waals surface area contributed by atoms with Gasteiger partial charge in [-0.3, -0.25) is 4.79 Å². The smallest absolute Gasteiger partial charge is 0.379 e. The van der Waals surface area contributed by atoms with Gasteiger partial charge in [0.1, 0.15) is 0 Å². The molecular weight excluding hydrogens is 352 g/mol. The van der Waals surface area contributed by atoms with Crippen LogP contribution in [-0.4, -0.2) is 24.0 Å². The molecule has 2 N–H and O–H groups in total. The molecule has 0 saturated carbocycles. The molecule has 1 aliphatic rings. The standard InChI is InChI=1S/C15H12N2O3S3/c1-20-14(19)13(18)10-11(8-4-2-6-22-8)16-15(21)17-12(10)9-5-3-7-23-9/h2-7,11H,1H3,(H2,16,17,21). The Labute approximate surface area is 146 Å². The van der Waals surface area contributed by atoms with Crippen LogP contribution in [0, 0.1) is 0 Å². The van der Waals surface area contributed by atoms with Crippen LogP contribution >= 0.6 is 34.9 Å². The zero-order chi connectivity index (χ0) is 16.4. The second-order valence-corrected chi connectivity index (χ2v) is 6.97. The minimum atomic E-state index is -0.896. The lowest BCUT2D eigenvalue weighted by atomic mass is 9.96. The molecule has 0 spiro atoms. The molecule has 0 aliphatic carbocycles. The van der Waals surface area contributed by atoms with E-state index >= 15 is 0 Å². The number of hydrogen-bond acceptors (Lipinski definition) is 6. The number of carbonyl (C=O) groups is 2. The van der Waals surface area contributed by atoms with E-state index in [1.54, 1.807) is 0 Å². The monoisotopic (exact) mass is 364 g/mol. The Morgan fingerprint density at radius 2 is 1.96 bits per heavy atom. The summed E-state index contributed by atoms with van der Waals surface area (Å²) < 4.78 is 4.62. The molecular formula is C15H12N2O3S3. The number of rotatable bonds is 4. The molecule has 1 aliphatic heterocycles. The lowest BCUT2D eigenvalue weighted by molar-refractivity contribution is -0.150. The number of nitrogens with one attached hydrogen (secondary N) is 2. The molecule has 8 heteroatoms. The summed E-state index contributed by atoms with van der Waals surface area (Å²) in [6.07, 6.45) is 0. The fourth-order valence-electron chi connectivity index (χ4n) is 2.30. The quantitative estimate of drug-likeness (QED) is 0.494. The highest BCUT2D eigenvalue weighted by Gasteiger charge is 2.36. The minimum absolute atomic E-state index is 0.315.